The monoisotopic (exact) mass is 421 g/mol. The number of rotatable bonds is 5. The molecule has 0 aromatic heterocycles. The second-order valence-electron chi connectivity index (χ2n) is 9.38. The number of nitrogens with zero attached hydrogens (tertiary/aromatic N) is 2. The van der Waals surface area contributed by atoms with Gasteiger partial charge in [-0.2, -0.15) is 4.31 Å². The summed E-state index contributed by atoms with van der Waals surface area (Å²) in [5.41, 5.74) is 1.10. The molecule has 1 saturated heterocycles. The maximum Gasteiger partial charge on any atom is 0.243 e. The van der Waals surface area contributed by atoms with E-state index in [-0.39, 0.29) is 17.4 Å². The highest BCUT2D eigenvalue weighted by Crippen LogP contribution is 2.25. The van der Waals surface area contributed by atoms with Crippen molar-refractivity contribution in [3.63, 3.8) is 0 Å². The number of piperazine rings is 1. The number of amides is 1. The van der Waals surface area contributed by atoms with E-state index in [0.29, 0.717) is 37.1 Å². The largest absolute Gasteiger partial charge is 0.352 e. The molecule has 162 valence electrons. The molecule has 2 aliphatic rings. The summed E-state index contributed by atoms with van der Waals surface area (Å²) in [5.74, 6) is 0.0611. The highest BCUT2D eigenvalue weighted by atomic mass is 32.2. The first-order chi connectivity index (χ1) is 13.6. The van der Waals surface area contributed by atoms with Crippen molar-refractivity contribution >= 4 is 15.9 Å². The molecule has 1 aromatic carbocycles. The summed E-state index contributed by atoms with van der Waals surface area (Å²) in [5, 5.41) is 3.15. The average Bonchev–Trinajstić information content (AvgIpc) is 3.20. The summed E-state index contributed by atoms with van der Waals surface area (Å²) in [6.07, 6.45) is 4.51. The van der Waals surface area contributed by atoms with E-state index in [4.69, 9.17) is 0 Å². The summed E-state index contributed by atoms with van der Waals surface area (Å²) < 4.78 is 27.6. The lowest BCUT2D eigenvalue weighted by Gasteiger charge is -2.37. The quantitative estimate of drug-likeness (QED) is 0.794. The van der Waals surface area contributed by atoms with Crippen LogP contribution in [0.25, 0.3) is 0 Å². The van der Waals surface area contributed by atoms with E-state index in [9.17, 15) is 13.2 Å². The van der Waals surface area contributed by atoms with Crippen LogP contribution in [0.4, 0.5) is 0 Å². The highest BCUT2D eigenvalue weighted by molar-refractivity contribution is 7.89. The highest BCUT2D eigenvalue weighted by Gasteiger charge is 2.32. The summed E-state index contributed by atoms with van der Waals surface area (Å²) in [7, 11) is -3.51. The molecule has 29 heavy (non-hydrogen) atoms. The van der Waals surface area contributed by atoms with Crippen LogP contribution in [0.5, 0.6) is 0 Å². The van der Waals surface area contributed by atoms with Gasteiger partial charge in [0.25, 0.3) is 0 Å². The third-order valence-corrected chi connectivity index (χ3v) is 8.17. The molecule has 1 heterocycles. The molecule has 7 heteroatoms. The predicted octanol–water partition coefficient (Wildman–Crippen LogP) is 2.74. The van der Waals surface area contributed by atoms with Crippen LogP contribution in [0.15, 0.2) is 29.2 Å². The molecule has 1 N–H and O–H groups in total. The van der Waals surface area contributed by atoms with Crippen molar-refractivity contribution in [3.05, 3.63) is 29.8 Å². The van der Waals surface area contributed by atoms with Gasteiger partial charge in [-0.15, -0.1) is 0 Å². The van der Waals surface area contributed by atoms with Crippen molar-refractivity contribution in [2.24, 2.45) is 0 Å². The minimum atomic E-state index is -3.51. The third kappa shape index (κ3) is 5.19. The zero-order valence-electron chi connectivity index (χ0n) is 18.1. The lowest BCUT2D eigenvalue weighted by atomic mass is 9.87. The lowest BCUT2D eigenvalue weighted by Crippen LogP contribution is -2.55. The Morgan fingerprint density at radius 3 is 2.10 bits per heavy atom. The number of carbonyl (C=O) groups is 1. The minimum absolute atomic E-state index is 0.0108. The van der Waals surface area contributed by atoms with Gasteiger partial charge in [0.05, 0.1) is 10.9 Å². The number of nitrogens with one attached hydrogen (secondary N) is 1. The molecular weight excluding hydrogens is 386 g/mol. The van der Waals surface area contributed by atoms with Gasteiger partial charge in [0.1, 0.15) is 0 Å². The Bertz CT molecular complexity index is 801. The standard InChI is InChI=1S/C22H35N3O3S/c1-17(21(26)23-19-7-5-6-8-19)24-13-15-25(16-14-24)29(27,28)20-11-9-18(10-12-20)22(2,3)4/h9-12,17,19H,5-8,13-16H2,1-4H3,(H,23,26)/t17-/m0/s1. The molecule has 0 bridgehead atoms. The van der Waals surface area contributed by atoms with Crippen LogP contribution in [0, 0.1) is 0 Å². The summed E-state index contributed by atoms with van der Waals surface area (Å²) >= 11 is 0. The SMILES string of the molecule is C[C@@H](C(=O)NC1CCCC1)N1CCN(S(=O)(=O)c2ccc(C(C)(C)C)cc2)CC1. The Morgan fingerprint density at radius 1 is 1.03 bits per heavy atom. The molecule has 2 fully saturated rings. The number of hydrogen-bond donors (Lipinski definition) is 1. The van der Waals surface area contributed by atoms with E-state index in [1.165, 1.54) is 17.1 Å². The third-order valence-electron chi connectivity index (χ3n) is 6.26. The Balaban J connectivity index is 1.58. The van der Waals surface area contributed by atoms with Crippen molar-refractivity contribution in [2.75, 3.05) is 26.2 Å². The van der Waals surface area contributed by atoms with E-state index < -0.39 is 10.0 Å². The molecule has 0 unspecified atom stereocenters. The number of sulfonamides is 1. The summed E-state index contributed by atoms with van der Waals surface area (Å²) in [6, 6.07) is 7.30. The predicted molar refractivity (Wildman–Crippen MR) is 115 cm³/mol. The lowest BCUT2D eigenvalue weighted by molar-refractivity contribution is -0.127. The van der Waals surface area contributed by atoms with E-state index in [1.54, 1.807) is 12.1 Å². The maximum absolute atomic E-state index is 13.0. The fraction of sp³-hybridized carbons (Fsp3) is 0.682. The van der Waals surface area contributed by atoms with Gasteiger partial charge >= 0.3 is 0 Å². The van der Waals surface area contributed by atoms with Crippen LogP contribution < -0.4 is 5.32 Å². The van der Waals surface area contributed by atoms with E-state index in [2.05, 4.69) is 31.0 Å². The molecule has 1 atom stereocenters. The molecule has 0 spiro atoms. The van der Waals surface area contributed by atoms with E-state index in [1.807, 2.05) is 19.1 Å². The first kappa shape index (κ1) is 22.2. The second-order valence-corrected chi connectivity index (χ2v) is 11.3. The van der Waals surface area contributed by atoms with Crippen LogP contribution in [0.2, 0.25) is 0 Å². The van der Waals surface area contributed by atoms with Crippen molar-refractivity contribution in [1.82, 2.24) is 14.5 Å². The summed E-state index contributed by atoms with van der Waals surface area (Å²) in [6.45, 7) is 10.2. The Hall–Kier alpha value is -1.44. The fourth-order valence-corrected chi connectivity index (χ4v) is 5.59. The molecule has 1 amide bonds. The van der Waals surface area contributed by atoms with Crippen LogP contribution in [0.3, 0.4) is 0 Å². The van der Waals surface area contributed by atoms with Gasteiger partial charge in [-0.3, -0.25) is 9.69 Å². The number of carbonyl (C=O) groups excluding carboxylic acids is 1. The van der Waals surface area contributed by atoms with Crippen molar-refractivity contribution in [1.29, 1.82) is 0 Å². The van der Waals surface area contributed by atoms with Gasteiger partial charge < -0.3 is 5.32 Å². The van der Waals surface area contributed by atoms with Crippen LogP contribution in [0.1, 0.15) is 58.9 Å². The maximum atomic E-state index is 13.0. The first-order valence-corrected chi connectivity index (χ1v) is 12.2. The smallest absolute Gasteiger partial charge is 0.243 e. The van der Waals surface area contributed by atoms with Gasteiger partial charge in [-0.25, -0.2) is 8.42 Å². The zero-order valence-corrected chi connectivity index (χ0v) is 19.0. The van der Waals surface area contributed by atoms with E-state index >= 15 is 0 Å². The van der Waals surface area contributed by atoms with Gasteiger partial charge in [-0.1, -0.05) is 45.7 Å². The number of benzene rings is 1. The fourth-order valence-electron chi connectivity index (χ4n) is 4.16. The Kier molecular flexibility index (Phi) is 6.70. The zero-order chi connectivity index (χ0) is 21.2. The molecule has 1 aliphatic heterocycles. The van der Waals surface area contributed by atoms with Gasteiger partial charge in [0, 0.05) is 32.2 Å². The number of hydrogen-bond acceptors (Lipinski definition) is 4. The molecule has 1 aromatic rings. The second kappa shape index (κ2) is 8.74. The normalized spacial score (nSPS) is 21.2. The van der Waals surface area contributed by atoms with Crippen molar-refractivity contribution in [2.45, 2.75) is 75.8 Å². The molecule has 0 radical (unpaired) electrons. The molecule has 1 saturated carbocycles. The van der Waals surface area contributed by atoms with Crippen molar-refractivity contribution in [3.8, 4) is 0 Å². The average molecular weight is 422 g/mol. The molecule has 1 aliphatic carbocycles. The Morgan fingerprint density at radius 2 is 1.59 bits per heavy atom. The van der Waals surface area contributed by atoms with Crippen molar-refractivity contribution < 1.29 is 13.2 Å². The van der Waals surface area contributed by atoms with Gasteiger partial charge in [0.2, 0.25) is 15.9 Å². The van der Waals surface area contributed by atoms with Gasteiger partial charge in [-0.05, 0) is 42.9 Å². The Labute approximate surface area is 175 Å². The minimum Gasteiger partial charge on any atom is -0.352 e. The molecule has 3 rings (SSSR count). The van der Waals surface area contributed by atoms with E-state index in [0.717, 1.165) is 18.4 Å². The molecule has 6 nitrogen and oxygen atoms in total. The van der Waals surface area contributed by atoms with Crippen LogP contribution in [-0.2, 0) is 20.2 Å². The topological polar surface area (TPSA) is 69.7 Å². The first-order valence-electron chi connectivity index (χ1n) is 10.7. The van der Waals surface area contributed by atoms with Crippen LogP contribution >= 0.6 is 0 Å². The van der Waals surface area contributed by atoms with Gasteiger partial charge in [0.15, 0.2) is 0 Å². The molecular formula is C22H35N3O3S. The van der Waals surface area contributed by atoms with Crippen LogP contribution in [-0.4, -0.2) is 61.8 Å². The summed E-state index contributed by atoms with van der Waals surface area (Å²) in [4.78, 5) is 14.9.